The van der Waals surface area contributed by atoms with Crippen LogP contribution in [0.3, 0.4) is 0 Å². The van der Waals surface area contributed by atoms with E-state index in [1.165, 1.54) is 44.9 Å². The molecule has 1 saturated heterocycles. The van der Waals surface area contributed by atoms with Crippen molar-refractivity contribution >= 4 is 0 Å². The zero-order chi connectivity index (χ0) is 24.4. The topological polar surface area (TPSA) is 47.9 Å². The van der Waals surface area contributed by atoms with Gasteiger partial charge in [0, 0.05) is 25.4 Å². The molecule has 0 radical (unpaired) electrons. The molecule has 1 aliphatic heterocycles. The minimum atomic E-state index is -0.966. The molecule has 1 N–H and O–H groups in total. The number of rotatable bonds is 6. The fourth-order valence-electron chi connectivity index (χ4n) is 10.3. The maximum Gasteiger partial charge on any atom is 0.198 e. The van der Waals surface area contributed by atoms with Crippen molar-refractivity contribution in [2.45, 2.75) is 123 Å². The van der Waals surface area contributed by atoms with Gasteiger partial charge in [-0.05, 0) is 79.4 Å². The Morgan fingerprint density at radius 3 is 2.32 bits per heavy atom. The maximum atomic E-state index is 12.5. The van der Waals surface area contributed by atoms with Crippen molar-refractivity contribution in [3.8, 4) is 0 Å². The van der Waals surface area contributed by atoms with Crippen molar-refractivity contribution in [3.05, 3.63) is 0 Å². The second kappa shape index (κ2) is 8.99. The Balaban J connectivity index is 1.42. The summed E-state index contributed by atoms with van der Waals surface area (Å²) in [5.74, 6) is 3.49. The number of hydrogen-bond donors (Lipinski definition) is 1. The second-order valence-electron chi connectivity index (χ2n) is 13.9. The number of hydrogen-bond acceptors (Lipinski definition) is 4. The predicted octanol–water partition coefficient (Wildman–Crippen LogP) is 6.59. The fourth-order valence-corrected chi connectivity index (χ4v) is 10.3. The summed E-state index contributed by atoms with van der Waals surface area (Å²) in [6.07, 6.45) is 13.1. The Bertz CT molecular complexity index is 731. The lowest BCUT2D eigenvalue weighted by Gasteiger charge is -2.68. The molecule has 0 bridgehead atoms. The van der Waals surface area contributed by atoms with E-state index in [9.17, 15) is 5.11 Å². The summed E-state index contributed by atoms with van der Waals surface area (Å²) in [6.45, 7) is 13.5. The molecule has 4 nitrogen and oxygen atoms in total. The van der Waals surface area contributed by atoms with Crippen molar-refractivity contribution in [1.82, 2.24) is 0 Å². The van der Waals surface area contributed by atoms with Gasteiger partial charge in [-0.25, -0.2) is 0 Å². The molecule has 1 heterocycles. The van der Waals surface area contributed by atoms with Gasteiger partial charge in [-0.2, -0.15) is 0 Å². The third-order valence-corrected chi connectivity index (χ3v) is 12.1. The molecule has 196 valence electrons. The van der Waals surface area contributed by atoms with Gasteiger partial charge in [0.25, 0.3) is 0 Å². The summed E-state index contributed by atoms with van der Waals surface area (Å²) >= 11 is 0. The highest BCUT2D eigenvalue weighted by Crippen LogP contribution is 2.72. The van der Waals surface area contributed by atoms with Gasteiger partial charge in [-0.1, -0.05) is 53.9 Å². The monoisotopic (exact) mass is 476 g/mol. The van der Waals surface area contributed by atoms with Crippen molar-refractivity contribution < 1.29 is 19.3 Å². The van der Waals surface area contributed by atoms with Gasteiger partial charge in [0.2, 0.25) is 0 Å². The Kier molecular flexibility index (Phi) is 6.74. The van der Waals surface area contributed by atoms with Crippen LogP contribution in [-0.4, -0.2) is 42.9 Å². The van der Waals surface area contributed by atoms with Crippen molar-refractivity contribution in [1.29, 1.82) is 0 Å². The van der Waals surface area contributed by atoms with Gasteiger partial charge in [-0.15, -0.1) is 0 Å². The molecule has 0 amide bonds. The molecule has 0 aromatic rings. The van der Waals surface area contributed by atoms with E-state index in [0.29, 0.717) is 36.9 Å². The lowest BCUT2D eigenvalue weighted by atomic mass is 9.41. The first-order valence-electron chi connectivity index (χ1n) is 14.6. The fraction of sp³-hybridized carbons (Fsp3) is 1.00. The highest BCUT2D eigenvalue weighted by Gasteiger charge is 2.74. The van der Waals surface area contributed by atoms with E-state index in [0.717, 1.165) is 42.9 Å². The summed E-state index contributed by atoms with van der Waals surface area (Å²) in [5.41, 5.74) is -0.710. The Morgan fingerprint density at radius 1 is 0.912 bits per heavy atom. The van der Waals surface area contributed by atoms with Crippen LogP contribution >= 0.6 is 0 Å². The Labute approximate surface area is 208 Å². The summed E-state index contributed by atoms with van der Waals surface area (Å²) in [4.78, 5) is 0. The van der Waals surface area contributed by atoms with Crippen molar-refractivity contribution in [3.63, 3.8) is 0 Å². The molecular formula is C30H52O4. The number of methoxy groups -OCH3 is 1. The number of aliphatic hydroxyl groups is 1. The molecule has 0 aromatic carbocycles. The molecule has 4 heteroatoms. The van der Waals surface area contributed by atoms with Gasteiger partial charge in [0.1, 0.15) is 5.60 Å². The largest absolute Gasteiger partial charge is 0.384 e. The average Bonchev–Trinajstić information content (AvgIpc) is 3.40. The second-order valence-corrected chi connectivity index (χ2v) is 13.9. The third kappa shape index (κ3) is 3.59. The molecule has 4 saturated carbocycles. The van der Waals surface area contributed by atoms with E-state index < -0.39 is 11.4 Å². The number of fused-ring (bicyclic) bond motifs is 6. The smallest absolute Gasteiger partial charge is 0.198 e. The lowest BCUT2D eigenvalue weighted by Crippen LogP contribution is -2.74. The molecule has 1 spiro atoms. The SMILES string of the molecule is CO[C@H]1CC[C@]2(C)[C@H]3CC[C@]4(C)[C@@H]([C@H](C)CCCC(C)C)CC[C@H]4[C@@H]3CC3(OCCO3)[C@]2(O)C1. The van der Waals surface area contributed by atoms with E-state index in [4.69, 9.17) is 14.2 Å². The summed E-state index contributed by atoms with van der Waals surface area (Å²) in [6, 6.07) is 0. The Hall–Kier alpha value is -0.160. The first-order chi connectivity index (χ1) is 16.1. The van der Waals surface area contributed by atoms with Gasteiger partial charge < -0.3 is 19.3 Å². The van der Waals surface area contributed by atoms with Crippen LogP contribution in [0.5, 0.6) is 0 Å². The third-order valence-electron chi connectivity index (χ3n) is 12.1. The standard InChI is InChI=1S/C30H52O4/c1-20(2)8-7-9-21(3)24-10-11-25-23-19-30(33-16-17-34-30)29(31)18-22(32-6)12-15-28(29,5)26(23)13-14-27(24,25)4/h20-26,31H,7-19H2,1-6H3/t21-,22+,23+,24-,25+,26+,27-,28-,29+/m1/s1. The lowest BCUT2D eigenvalue weighted by molar-refractivity contribution is -0.371. The summed E-state index contributed by atoms with van der Waals surface area (Å²) in [7, 11) is 1.79. The highest BCUT2D eigenvalue weighted by atomic mass is 16.7. The van der Waals surface area contributed by atoms with E-state index in [-0.39, 0.29) is 11.5 Å². The average molecular weight is 477 g/mol. The van der Waals surface area contributed by atoms with Crippen LogP contribution in [0.4, 0.5) is 0 Å². The minimum Gasteiger partial charge on any atom is -0.384 e. The van der Waals surface area contributed by atoms with Crippen LogP contribution in [0, 0.1) is 46.3 Å². The van der Waals surface area contributed by atoms with Crippen LogP contribution in [-0.2, 0) is 14.2 Å². The molecular weight excluding hydrogens is 424 g/mol. The molecule has 34 heavy (non-hydrogen) atoms. The molecule has 5 fully saturated rings. The van der Waals surface area contributed by atoms with E-state index in [1.54, 1.807) is 7.11 Å². The van der Waals surface area contributed by atoms with Crippen LogP contribution in [0.15, 0.2) is 0 Å². The van der Waals surface area contributed by atoms with Gasteiger partial charge in [0.05, 0.1) is 19.3 Å². The van der Waals surface area contributed by atoms with Crippen molar-refractivity contribution in [2.24, 2.45) is 46.3 Å². The maximum absolute atomic E-state index is 12.5. The zero-order valence-corrected chi connectivity index (χ0v) is 22.9. The molecule has 5 rings (SSSR count). The predicted molar refractivity (Wildman–Crippen MR) is 135 cm³/mol. The van der Waals surface area contributed by atoms with Gasteiger partial charge in [-0.3, -0.25) is 0 Å². The van der Waals surface area contributed by atoms with E-state index in [2.05, 4.69) is 34.6 Å². The quantitative estimate of drug-likeness (QED) is 0.470. The summed E-state index contributed by atoms with van der Waals surface area (Å²) in [5, 5.41) is 12.5. The normalized spacial score (nSPS) is 48.5. The van der Waals surface area contributed by atoms with Gasteiger partial charge in [0.15, 0.2) is 5.79 Å². The van der Waals surface area contributed by atoms with Crippen LogP contribution in [0.25, 0.3) is 0 Å². The van der Waals surface area contributed by atoms with Crippen LogP contribution in [0.2, 0.25) is 0 Å². The first kappa shape index (κ1) is 25.5. The van der Waals surface area contributed by atoms with Crippen LogP contribution < -0.4 is 0 Å². The van der Waals surface area contributed by atoms with Crippen molar-refractivity contribution in [2.75, 3.05) is 20.3 Å². The van der Waals surface area contributed by atoms with E-state index >= 15 is 0 Å². The molecule has 4 aliphatic carbocycles. The molecule has 0 aromatic heterocycles. The minimum absolute atomic E-state index is 0.0932. The van der Waals surface area contributed by atoms with Gasteiger partial charge >= 0.3 is 0 Å². The zero-order valence-electron chi connectivity index (χ0n) is 22.9. The first-order valence-corrected chi connectivity index (χ1v) is 14.6. The molecule has 5 aliphatic rings. The molecule has 0 unspecified atom stereocenters. The van der Waals surface area contributed by atoms with E-state index in [1.807, 2.05) is 0 Å². The summed E-state index contributed by atoms with van der Waals surface area (Å²) < 4.78 is 18.7. The highest BCUT2D eigenvalue weighted by molar-refractivity contribution is 5.20. The number of ether oxygens (including phenoxy) is 3. The molecule has 9 atom stereocenters. The Morgan fingerprint density at radius 2 is 1.65 bits per heavy atom. The van der Waals surface area contributed by atoms with Crippen LogP contribution in [0.1, 0.15) is 105 Å².